The highest BCUT2D eigenvalue weighted by Crippen LogP contribution is 2.14. The van der Waals surface area contributed by atoms with Crippen LogP contribution in [0, 0.1) is 0 Å². The first-order valence-electron chi connectivity index (χ1n) is 4.88. The molecule has 0 radical (unpaired) electrons. The highest BCUT2D eigenvalue weighted by Gasteiger charge is 2.10. The minimum atomic E-state index is -3.75. The van der Waals surface area contributed by atoms with Crippen molar-refractivity contribution in [2.75, 3.05) is 10.5 Å². The zero-order valence-corrected chi connectivity index (χ0v) is 10.9. The van der Waals surface area contributed by atoms with Crippen molar-refractivity contribution in [3.8, 4) is 0 Å². The molecule has 0 saturated heterocycles. The molecular weight excluding hydrogens is 264 g/mol. The van der Waals surface area contributed by atoms with Crippen molar-refractivity contribution in [3.05, 3.63) is 24.3 Å². The smallest absolute Gasteiger partial charge is 0.238 e. The monoisotopic (exact) mass is 278 g/mol. The Morgan fingerprint density at radius 3 is 2.06 bits per heavy atom. The van der Waals surface area contributed by atoms with E-state index >= 15 is 0 Å². The van der Waals surface area contributed by atoms with Crippen LogP contribution in [0.1, 0.15) is 13.3 Å². The fraction of sp³-hybridized carbons (Fsp3) is 0.333. The van der Waals surface area contributed by atoms with Gasteiger partial charge in [0.15, 0.2) is 0 Å². The molecule has 1 aromatic rings. The topological polar surface area (TPSA) is 106 Å². The van der Waals surface area contributed by atoms with Gasteiger partial charge < -0.3 is 0 Å². The van der Waals surface area contributed by atoms with Gasteiger partial charge in [0.1, 0.15) is 0 Å². The highest BCUT2D eigenvalue weighted by atomic mass is 32.2. The van der Waals surface area contributed by atoms with Gasteiger partial charge in [0.25, 0.3) is 0 Å². The van der Waals surface area contributed by atoms with E-state index in [0.29, 0.717) is 12.1 Å². The molecule has 0 aliphatic rings. The zero-order chi connectivity index (χ0) is 13.1. The molecule has 1 aromatic carbocycles. The summed E-state index contributed by atoms with van der Waals surface area (Å²) in [6.45, 7) is 1.75. The van der Waals surface area contributed by atoms with Gasteiger partial charge in [-0.2, -0.15) is 0 Å². The number of benzene rings is 1. The Morgan fingerprint density at radius 2 is 1.65 bits per heavy atom. The standard InChI is InChI=1S/C9H14N2O4S2/c1-2-7-16(12,13)11-8-3-5-9(6-4-8)17(10,14)15/h3-6,11H,2,7H2,1H3,(H2,10,14,15). The lowest BCUT2D eigenvalue weighted by Crippen LogP contribution is -2.16. The van der Waals surface area contributed by atoms with Crippen molar-refractivity contribution in [2.45, 2.75) is 18.2 Å². The number of hydrogen-bond donors (Lipinski definition) is 2. The van der Waals surface area contributed by atoms with Crippen LogP contribution >= 0.6 is 0 Å². The summed E-state index contributed by atoms with van der Waals surface area (Å²) < 4.78 is 47.1. The second-order valence-electron chi connectivity index (χ2n) is 3.49. The van der Waals surface area contributed by atoms with Crippen molar-refractivity contribution < 1.29 is 16.8 Å². The molecule has 96 valence electrons. The number of rotatable bonds is 5. The summed E-state index contributed by atoms with van der Waals surface area (Å²) in [7, 11) is -7.11. The van der Waals surface area contributed by atoms with Crippen LogP contribution in [0.3, 0.4) is 0 Å². The molecule has 0 spiro atoms. The lowest BCUT2D eigenvalue weighted by atomic mass is 10.3. The summed E-state index contributed by atoms with van der Waals surface area (Å²) in [5, 5.41) is 4.92. The van der Waals surface area contributed by atoms with Gasteiger partial charge in [0.2, 0.25) is 20.0 Å². The third-order valence-corrected chi connectivity index (χ3v) is 4.35. The van der Waals surface area contributed by atoms with E-state index in [0.717, 1.165) is 0 Å². The van der Waals surface area contributed by atoms with E-state index in [1.807, 2.05) is 0 Å². The van der Waals surface area contributed by atoms with Crippen molar-refractivity contribution in [1.82, 2.24) is 0 Å². The van der Waals surface area contributed by atoms with Gasteiger partial charge in [-0.25, -0.2) is 22.0 Å². The third kappa shape index (κ3) is 4.33. The number of nitrogens with one attached hydrogen (secondary N) is 1. The number of sulfonamides is 2. The molecule has 0 atom stereocenters. The van der Waals surface area contributed by atoms with Crippen LogP contribution in [0.5, 0.6) is 0 Å². The van der Waals surface area contributed by atoms with Crippen LogP contribution < -0.4 is 9.86 Å². The molecule has 0 aliphatic carbocycles. The van der Waals surface area contributed by atoms with Crippen LogP contribution in [0.4, 0.5) is 5.69 Å². The van der Waals surface area contributed by atoms with Crippen LogP contribution in [-0.4, -0.2) is 22.6 Å². The van der Waals surface area contributed by atoms with E-state index in [4.69, 9.17) is 5.14 Å². The fourth-order valence-corrected chi connectivity index (χ4v) is 2.86. The molecule has 3 N–H and O–H groups in total. The van der Waals surface area contributed by atoms with Gasteiger partial charge in [0, 0.05) is 5.69 Å². The van der Waals surface area contributed by atoms with Crippen molar-refractivity contribution in [3.63, 3.8) is 0 Å². The Balaban J connectivity index is 2.90. The first-order valence-corrected chi connectivity index (χ1v) is 8.08. The van der Waals surface area contributed by atoms with Gasteiger partial charge in [-0.1, -0.05) is 6.92 Å². The van der Waals surface area contributed by atoms with Crippen molar-refractivity contribution >= 4 is 25.7 Å². The minimum Gasteiger partial charge on any atom is -0.284 e. The molecule has 0 amide bonds. The molecule has 0 fully saturated rings. The van der Waals surface area contributed by atoms with Gasteiger partial charge in [-0.3, -0.25) is 4.72 Å². The number of primary sulfonamides is 1. The van der Waals surface area contributed by atoms with Crippen molar-refractivity contribution in [1.29, 1.82) is 0 Å². The summed E-state index contributed by atoms with van der Waals surface area (Å²) in [6, 6.07) is 5.21. The van der Waals surface area contributed by atoms with Crippen LogP contribution in [-0.2, 0) is 20.0 Å². The van der Waals surface area contributed by atoms with E-state index in [9.17, 15) is 16.8 Å². The SMILES string of the molecule is CCCS(=O)(=O)Nc1ccc(S(N)(=O)=O)cc1. The average Bonchev–Trinajstić information content (AvgIpc) is 2.16. The number of hydrogen-bond acceptors (Lipinski definition) is 4. The predicted molar refractivity (Wildman–Crippen MR) is 65.5 cm³/mol. The van der Waals surface area contributed by atoms with E-state index in [1.54, 1.807) is 6.92 Å². The predicted octanol–water partition coefficient (Wildman–Crippen LogP) is 0.486. The van der Waals surface area contributed by atoms with Gasteiger partial charge >= 0.3 is 0 Å². The summed E-state index contributed by atoms with van der Waals surface area (Å²) in [5.74, 6) is 0.0178. The first kappa shape index (κ1) is 13.9. The van der Waals surface area contributed by atoms with Crippen LogP contribution in [0.25, 0.3) is 0 Å². The Hall–Kier alpha value is -1.12. The second-order valence-corrected chi connectivity index (χ2v) is 6.89. The first-order chi connectivity index (χ1) is 7.74. The summed E-state index contributed by atoms with van der Waals surface area (Å²) in [4.78, 5) is -0.0593. The number of nitrogens with two attached hydrogens (primary N) is 1. The molecule has 0 saturated carbocycles. The van der Waals surface area contributed by atoms with Crippen LogP contribution in [0.2, 0.25) is 0 Å². The normalized spacial score (nSPS) is 12.4. The Bertz CT molecular complexity index is 576. The minimum absolute atomic E-state index is 0.0178. The molecule has 17 heavy (non-hydrogen) atoms. The van der Waals surface area contributed by atoms with E-state index in [1.165, 1.54) is 24.3 Å². The fourth-order valence-electron chi connectivity index (χ4n) is 1.21. The Kier molecular flexibility index (Phi) is 4.12. The Morgan fingerprint density at radius 1 is 1.12 bits per heavy atom. The van der Waals surface area contributed by atoms with Crippen LogP contribution in [0.15, 0.2) is 29.2 Å². The molecule has 6 nitrogen and oxygen atoms in total. The van der Waals surface area contributed by atoms with Crippen molar-refractivity contribution in [2.24, 2.45) is 5.14 Å². The maximum atomic E-state index is 11.4. The summed E-state index contributed by atoms with van der Waals surface area (Å²) in [6.07, 6.45) is 0.505. The Labute approximate surface area is 101 Å². The van der Waals surface area contributed by atoms with Gasteiger partial charge in [-0.15, -0.1) is 0 Å². The lowest BCUT2D eigenvalue weighted by Gasteiger charge is -2.07. The zero-order valence-electron chi connectivity index (χ0n) is 9.25. The molecule has 0 aliphatic heterocycles. The lowest BCUT2D eigenvalue weighted by molar-refractivity contribution is 0.597. The molecular formula is C9H14N2O4S2. The van der Waals surface area contributed by atoms with Gasteiger partial charge in [-0.05, 0) is 30.7 Å². The largest absolute Gasteiger partial charge is 0.284 e. The van der Waals surface area contributed by atoms with E-state index < -0.39 is 20.0 Å². The third-order valence-electron chi connectivity index (χ3n) is 1.93. The van der Waals surface area contributed by atoms with Gasteiger partial charge in [0.05, 0.1) is 10.6 Å². The maximum Gasteiger partial charge on any atom is 0.238 e. The molecule has 0 aromatic heterocycles. The molecule has 1 rings (SSSR count). The molecule has 0 unspecified atom stereocenters. The average molecular weight is 278 g/mol. The number of anilines is 1. The quantitative estimate of drug-likeness (QED) is 0.817. The highest BCUT2D eigenvalue weighted by molar-refractivity contribution is 7.92. The maximum absolute atomic E-state index is 11.4. The second kappa shape index (κ2) is 5.03. The summed E-state index contributed by atoms with van der Waals surface area (Å²) in [5.41, 5.74) is 0.311. The molecule has 0 heterocycles. The summed E-state index contributed by atoms with van der Waals surface area (Å²) >= 11 is 0. The van der Waals surface area contributed by atoms with E-state index in [2.05, 4.69) is 4.72 Å². The molecule has 0 bridgehead atoms. The van der Waals surface area contributed by atoms with E-state index in [-0.39, 0.29) is 10.6 Å². The molecule has 8 heteroatoms.